The maximum Gasteiger partial charge on any atom is 0.416 e. The first kappa shape index (κ1) is 22.0. The van der Waals surface area contributed by atoms with Crippen LogP contribution in [0.2, 0.25) is 0 Å². The second-order valence-corrected chi connectivity index (χ2v) is 6.47. The van der Waals surface area contributed by atoms with Crippen LogP contribution in [0.4, 0.5) is 18.9 Å². The maximum atomic E-state index is 12.8. The van der Waals surface area contributed by atoms with Crippen LogP contribution in [0.3, 0.4) is 0 Å². The van der Waals surface area contributed by atoms with Crippen LogP contribution in [0.5, 0.6) is 11.5 Å². The lowest BCUT2D eigenvalue weighted by atomic mass is 10.1. The molecule has 0 atom stereocenters. The van der Waals surface area contributed by atoms with Crippen LogP contribution in [0, 0.1) is 21.4 Å². The van der Waals surface area contributed by atoms with Gasteiger partial charge < -0.3 is 9.47 Å². The second-order valence-electron chi connectivity index (χ2n) is 5.49. The van der Waals surface area contributed by atoms with Crippen molar-refractivity contribution in [2.24, 2.45) is 0 Å². The predicted molar refractivity (Wildman–Crippen MR) is 98.0 cm³/mol. The first-order valence-corrected chi connectivity index (χ1v) is 9.30. The summed E-state index contributed by atoms with van der Waals surface area (Å²) in [6.07, 6.45) is -2.84. The molecule has 0 aliphatic carbocycles. The summed E-state index contributed by atoms with van der Waals surface area (Å²) >= 11 is 1.41. The summed E-state index contributed by atoms with van der Waals surface area (Å²) in [4.78, 5) is 22.5. The normalized spacial score (nSPS) is 10.9. The van der Waals surface area contributed by atoms with Gasteiger partial charge in [0.25, 0.3) is 5.69 Å². The average Bonchev–Trinajstić information content (AvgIpc) is 2.67. The molecule has 0 unspecified atom stereocenters. The van der Waals surface area contributed by atoms with E-state index in [9.17, 15) is 28.1 Å². The fraction of sp³-hybridized carbons (Fsp3) is 0.222. The van der Waals surface area contributed by atoms with E-state index in [2.05, 4.69) is 0 Å². The number of hydrogen-bond donors (Lipinski definition) is 0. The van der Waals surface area contributed by atoms with E-state index in [0.717, 1.165) is 30.3 Å². The number of thioether (sulfide) groups is 1. The van der Waals surface area contributed by atoms with E-state index in [1.54, 1.807) is 12.3 Å². The van der Waals surface area contributed by atoms with Gasteiger partial charge in [-0.15, -0.1) is 0 Å². The largest absolute Gasteiger partial charge is 0.461 e. The highest BCUT2D eigenvalue weighted by Crippen LogP contribution is 2.35. The third kappa shape index (κ3) is 5.61. The van der Waals surface area contributed by atoms with Gasteiger partial charge in [-0.3, -0.25) is 10.1 Å². The fourth-order valence-electron chi connectivity index (χ4n) is 2.21. The number of ether oxygens (including phenoxy) is 2. The zero-order valence-corrected chi connectivity index (χ0v) is 15.7. The number of nitrogens with zero attached hydrogens (tertiary/aromatic N) is 2. The number of benzene rings is 2. The van der Waals surface area contributed by atoms with E-state index in [1.807, 2.05) is 0 Å². The Labute approximate surface area is 167 Å². The summed E-state index contributed by atoms with van der Waals surface area (Å²) in [6, 6.07) is 7.13. The quantitative estimate of drug-likeness (QED) is 0.271. The topological polar surface area (TPSA) is 102 Å². The molecule has 2 aromatic rings. The number of rotatable bonds is 7. The number of esters is 1. The minimum absolute atomic E-state index is 0.0414. The van der Waals surface area contributed by atoms with Crippen molar-refractivity contribution in [1.29, 1.82) is 5.26 Å². The van der Waals surface area contributed by atoms with Crippen molar-refractivity contribution in [3.63, 3.8) is 0 Å². The van der Waals surface area contributed by atoms with Gasteiger partial charge >= 0.3 is 12.1 Å². The summed E-state index contributed by atoms with van der Waals surface area (Å²) in [5.74, 6) is -0.726. The van der Waals surface area contributed by atoms with Gasteiger partial charge in [0.2, 0.25) is 0 Å². The van der Waals surface area contributed by atoms with Gasteiger partial charge in [-0.05, 0) is 30.5 Å². The van der Waals surface area contributed by atoms with Crippen molar-refractivity contribution in [1.82, 2.24) is 0 Å². The minimum Gasteiger partial charge on any atom is -0.461 e. The molecule has 0 aliphatic heterocycles. The molecule has 0 fully saturated rings. The monoisotopic (exact) mass is 426 g/mol. The van der Waals surface area contributed by atoms with Crippen LogP contribution in [-0.2, 0) is 10.9 Å². The van der Waals surface area contributed by atoms with Crippen molar-refractivity contribution >= 4 is 23.4 Å². The van der Waals surface area contributed by atoms with Crippen LogP contribution >= 0.6 is 11.8 Å². The zero-order chi connectivity index (χ0) is 21.6. The van der Waals surface area contributed by atoms with Gasteiger partial charge in [-0.25, -0.2) is 4.79 Å². The predicted octanol–water partition coefficient (Wildman–Crippen LogP) is 4.80. The molecular formula is C18H13F3N2O5S. The lowest BCUT2D eigenvalue weighted by molar-refractivity contribution is -0.385. The molecule has 0 aromatic heterocycles. The Kier molecular flexibility index (Phi) is 7.06. The Morgan fingerprint density at radius 2 is 2.00 bits per heavy atom. The third-order valence-corrected chi connectivity index (χ3v) is 4.14. The Bertz CT molecular complexity index is 973. The summed E-state index contributed by atoms with van der Waals surface area (Å²) in [7, 11) is 0. The van der Waals surface area contributed by atoms with E-state index in [4.69, 9.17) is 14.7 Å². The molecular weight excluding hydrogens is 413 g/mol. The van der Waals surface area contributed by atoms with E-state index < -0.39 is 28.3 Å². The minimum atomic E-state index is -4.63. The van der Waals surface area contributed by atoms with Crippen molar-refractivity contribution < 1.29 is 32.4 Å². The molecule has 7 nitrogen and oxygen atoms in total. The van der Waals surface area contributed by atoms with Gasteiger partial charge in [0, 0.05) is 17.9 Å². The highest BCUT2D eigenvalue weighted by Gasteiger charge is 2.31. The molecule has 0 saturated carbocycles. The van der Waals surface area contributed by atoms with E-state index in [-0.39, 0.29) is 29.2 Å². The van der Waals surface area contributed by atoms with Crippen LogP contribution in [0.25, 0.3) is 0 Å². The summed E-state index contributed by atoms with van der Waals surface area (Å²) in [6.45, 7) is 0.0414. The molecule has 0 radical (unpaired) electrons. The number of carbonyl (C=O) groups is 1. The molecule has 2 aromatic carbocycles. The van der Waals surface area contributed by atoms with Gasteiger partial charge in [-0.2, -0.15) is 30.2 Å². The highest BCUT2D eigenvalue weighted by molar-refractivity contribution is 7.98. The number of nitro groups is 1. The second kappa shape index (κ2) is 9.29. The van der Waals surface area contributed by atoms with Crippen LogP contribution in [0.1, 0.15) is 21.5 Å². The molecule has 0 bridgehead atoms. The fourth-order valence-corrected chi connectivity index (χ4v) is 2.46. The lowest BCUT2D eigenvalue weighted by Crippen LogP contribution is -2.10. The molecule has 0 aliphatic rings. The lowest BCUT2D eigenvalue weighted by Gasteiger charge is -2.12. The molecule has 0 amide bonds. The molecule has 11 heteroatoms. The number of nitro benzene ring substituents is 1. The van der Waals surface area contributed by atoms with Crippen molar-refractivity contribution in [3.8, 4) is 17.6 Å². The molecule has 0 spiro atoms. The van der Waals surface area contributed by atoms with E-state index in [0.29, 0.717) is 11.8 Å². The van der Waals surface area contributed by atoms with Crippen molar-refractivity contribution in [3.05, 3.63) is 63.2 Å². The van der Waals surface area contributed by atoms with Crippen LogP contribution in [0.15, 0.2) is 36.4 Å². The summed E-state index contributed by atoms with van der Waals surface area (Å²) in [5.41, 5.74) is -2.30. The molecule has 2 rings (SSSR count). The third-order valence-electron chi connectivity index (χ3n) is 3.56. The first-order valence-electron chi connectivity index (χ1n) is 7.91. The van der Waals surface area contributed by atoms with E-state index >= 15 is 0 Å². The highest BCUT2D eigenvalue weighted by atomic mass is 32.2. The standard InChI is InChI=1S/C18H13F3N2O5S/c1-29-7-6-27-17(24)14-9-13(3-4-15(14)23(25)26)28-16-5-2-12(18(19,20)21)8-11(16)10-22/h2-5,8-9H,6-7H2,1H3. The zero-order valence-electron chi connectivity index (χ0n) is 14.9. The van der Waals surface area contributed by atoms with Crippen LogP contribution in [-0.4, -0.2) is 29.5 Å². The Morgan fingerprint density at radius 3 is 2.59 bits per heavy atom. The summed E-state index contributed by atoms with van der Waals surface area (Å²) < 4.78 is 48.7. The Morgan fingerprint density at radius 1 is 1.28 bits per heavy atom. The number of hydrogen-bond acceptors (Lipinski definition) is 7. The molecule has 29 heavy (non-hydrogen) atoms. The molecule has 0 heterocycles. The van der Waals surface area contributed by atoms with Gasteiger partial charge in [-0.1, -0.05) is 0 Å². The Hall–Kier alpha value is -3.26. The maximum absolute atomic E-state index is 12.8. The molecule has 0 N–H and O–H groups in total. The Balaban J connectivity index is 2.36. The number of halogens is 3. The van der Waals surface area contributed by atoms with Crippen LogP contribution < -0.4 is 4.74 Å². The van der Waals surface area contributed by atoms with Crippen molar-refractivity contribution in [2.45, 2.75) is 6.18 Å². The molecule has 152 valence electrons. The first-order chi connectivity index (χ1) is 13.7. The number of alkyl halides is 3. The SMILES string of the molecule is CSCCOC(=O)c1cc(Oc2ccc(C(F)(F)F)cc2C#N)ccc1[N+](=O)[O-]. The van der Waals surface area contributed by atoms with Gasteiger partial charge in [0.05, 0.1) is 16.1 Å². The number of nitriles is 1. The number of carbonyl (C=O) groups excluding carboxylic acids is 1. The molecule has 0 saturated heterocycles. The van der Waals surface area contributed by atoms with Gasteiger partial charge in [0.1, 0.15) is 29.7 Å². The smallest absolute Gasteiger partial charge is 0.416 e. The van der Waals surface area contributed by atoms with Gasteiger partial charge in [0.15, 0.2) is 0 Å². The average molecular weight is 426 g/mol. The van der Waals surface area contributed by atoms with Crippen molar-refractivity contribution in [2.75, 3.05) is 18.6 Å². The van der Waals surface area contributed by atoms with E-state index in [1.165, 1.54) is 11.8 Å². The summed E-state index contributed by atoms with van der Waals surface area (Å²) in [5, 5.41) is 20.3.